The Morgan fingerprint density at radius 1 is 1.20 bits per heavy atom. The SMILES string of the molecule is NC1CCN(c2cncnc2-c2ccccc2F)CC1. The van der Waals surface area contributed by atoms with Crippen LogP contribution in [0.1, 0.15) is 12.8 Å². The van der Waals surface area contributed by atoms with Crippen LogP contribution in [0.2, 0.25) is 0 Å². The van der Waals surface area contributed by atoms with Crippen molar-refractivity contribution < 1.29 is 4.39 Å². The molecular weight excluding hydrogens is 255 g/mol. The minimum Gasteiger partial charge on any atom is -0.368 e. The molecule has 1 aromatic carbocycles. The highest BCUT2D eigenvalue weighted by Crippen LogP contribution is 2.31. The van der Waals surface area contributed by atoms with Gasteiger partial charge in [-0.3, -0.25) is 0 Å². The van der Waals surface area contributed by atoms with Gasteiger partial charge < -0.3 is 10.6 Å². The molecule has 2 aromatic rings. The maximum Gasteiger partial charge on any atom is 0.132 e. The van der Waals surface area contributed by atoms with E-state index in [-0.39, 0.29) is 11.9 Å². The molecule has 0 atom stereocenters. The number of benzene rings is 1. The van der Waals surface area contributed by atoms with Gasteiger partial charge in [0, 0.05) is 24.7 Å². The van der Waals surface area contributed by atoms with E-state index in [1.807, 2.05) is 6.07 Å². The number of halogens is 1. The van der Waals surface area contributed by atoms with E-state index in [1.54, 1.807) is 18.3 Å². The van der Waals surface area contributed by atoms with Gasteiger partial charge in [0.15, 0.2) is 0 Å². The van der Waals surface area contributed by atoms with Crippen molar-refractivity contribution in [3.63, 3.8) is 0 Å². The molecule has 3 rings (SSSR count). The highest BCUT2D eigenvalue weighted by atomic mass is 19.1. The van der Waals surface area contributed by atoms with Crippen LogP contribution in [-0.2, 0) is 0 Å². The predicted molar refractivity (Wildman–Crippen MR) is 76.8 cm³/mol. The first kappa shape index (κ1) is 13.0. The van der Waals surface area contributed by atoms with E-state index in [1.165, 1.54) is 12.4 Å². The monoisotopic (exact) mass is 272 g/mol. The zero-order valence-electron chi connectivity index (χ0n) is 11.2. The van der Waals surface area contributed by atoms with E-state index < -0.39 is 0 Å². The number of rotatable bonds is 2. The smallest absolute Gasteiger partial charge is 0.132 e. The van der Waals surface area contributed by atoms with Crippen LogP contribution >= 0.6 is 0 Å². The van der Waals surface area contributed by atoms with Gasteiger partial charge in [-0.1, -0.05) is 12.1 Å². The van der Waals surface area contributed by atoms with E-state index in [9.17, 15) is 4.39 Å². The molecule has 0 aliphatic carbocycles. The lowest BCUT2D eigenvalue weighted by Gasteiger charge is -2.32. The Balaban J connectivity index is 1.99. The number of nitrogens with zero attached hydrogens (tertiary/aromatic N) is 3. The van der Waals surface area contributed by atoms with Gasteiger partial charge in [0.2, 0.25) is 0 Å². The van der Waals surface area contributed by atoms with E-state index in [0.717, 1.165) is 31.6 Å². The molecule has 2 N–H and O–H groups in total. The van der Waals surface area contributed by atoms with Gasteiger partial charge in [0.1, 0.15) is 12.1 Å². The fourth-order valence-corrected chi connectivity index (χ4v) is 2.55. The molecule has 0 saturated carbocycles. The molecule has 2 heterocycles. The van der Waals surface area contributed by atoms with Crippen molar-refractivity contribution in [1.82, 2.24) is 9.97 Å². The number of hydrogen-bond acceptors (Lipinski definition) is 4. The van der Waals surface area contributed by atoms with Crippen molar-refractivity contribution in [2.24, 2.45) is 5.73 Å². The molecule has 4 nitrogen and oxygen atoms in total. The molecule has 1 aromatic heterocycles. The fraction of sp³-hybridized carbons (Fsp3) is 0.333. The molecule has 0 unspecified atom stereocenters. The summed E-state index contributed by atoms with van der Waals surface area (Å²) >= 11 is 0. The number of hydrogen-bond donors (Lipinski definition) is 1. The molecule has 1 aliphatic rings. The first-order chi connectivity index (χ1) is 9.75. The average molecular weight is 272 g/mol. The summed E-state index contributed by atoms with van der Waals surface area (Å²) in [7, 11) is 0. The van der Waals surface area contributed by atoms with Crippen LogP contribution in [0, 0.1) is 5.82 Å². The summed E-state index contributed by atoms with van der Waals surface area (Å²) in [6.07, 6.45) is 5.09. The van der Waals surface area contributed by atoms with Crippen molar-refractivity contribution in [2.75, 3.05) is 18.0 Å². The standard InChI is InChI=1S/C15H17FN4/c16-13-4-2-1-3-12(13)15-14(9-18-10-19-15)20-7-5-11(17)6-8-20/h1-4,9-11H,5-8,17H2. The quantitative estimate of drug-likeness (QED) is 0.910. The van der Waals surface area contributed by atoms with Crippen molar-refractivity contribution in [3.8, 4) is 11.3 Å². The third-order valence-electron chi connectivity index (χ3n) is 3.70. The fourth-order valence-electron chi connectivity index (χ4n) is 2.55. The number of nitrogens with two attached hydrogens (primary N) is 1. The predicted octanol–water partition coefficient (Wildman–Crippen LogP) is 2.21. The van der Waals surface area contributed by atoms with Crippen LogP contribution in [0.3, 0.4) is 0 Å². The maximum absolute atomic E-state index is 14.0. The van der Waals surface area contributed by atoms with Crippen LogP contribution < -0.4 is 10.6 Å². The molecule has 0 radical (unpaired) electrons. The molecule has 0 amide bonds. The molecule has 0 bridgehead atoms. The molecule has 104 valence electrons. The summed E-state index contributed by atoms with van der Waals surface area (Å²) in [6, 6.07) is 6.95. The largest absolute Gasteiger partial charge is 0.368 e. The minimum absolute atomic E-state index is 0.257. The number of aromatic nitrogens is 2. The number of anilines is 1. The Hall–Kier alpha value is -2.01. The summed E-state index contributed by atoms with van der Waals surface area (Å²) < 4.78 is 14.0. The van der Waals surface area contributed by atoms with Crippen molar-refractivity contribution in [2.45, 2.75) is 18.9 Å². The lowest BCUT2D eigenvalue weighted by molar-refractivity contribution is 0.501. The Morgan fingerprint density at radius 3 is 2.70 bits per heavy atom. The summed E-state index contributed by atoms with van der Waals surface area (Å²) in [5.41, 5.74) is 7.97. The normalized spacial score (nSPS) is 16.4. The molecule has 0 spiro atoms. The molecule has 1 saturated heterocycles. The third-order valence-corrected chi connectivity index (χ3v) is 3.70. The van der Waals surface area contributed by atoms with Crippen molar-refractivity contribution in [3.05, 3.63) is 42.6 Å². The lowest BCUT2D eigenvalue weighted by Crippen LogP contribution is -2.40. The summed E-state index contributed by atoms with van der Waals surface area (Å²) in [5, 5.41) is 0. The van der Waals surface area contributed by atoms with Crippen LogP contribution in [0.4, 0.5) is 10.1 Å². The summed E-state index contributed by atoms with van der Waals surface area (Å²) in [4.78, 5) is 10.6. The summed E-state index contributed by atoms with van der Waals surface area (Å²) in [5.74, 6) is -0.263. The second kappa shape index (κ2) is 5.54. The first-order valence-electron chi connectivity index (χ1n) is 6.81. The van der Waals surface area contributed by atoms with Gasteiger partial charge in [-0.05, 0) is 25.0 Å². The topological polar surface area (TPSA) is 55.0 Å². The van der Waals surface area contributed by atoms with Crippen LogP contribution in [0.15, 0.2) is 36.8 Å². The van der Waals surface area contributed by atoms with Gasteiger partial charge >= 0.3 is 0 Å². The third kappa shape index (κ3) is 2.49. The van der Waals surface area contributed by atoms with E-state index in [2.05, 4.69) is 14.9 Å². The zero-order valence-corrected chi connectivity index (χ0v) is 11.2. The lowest BCUT2D eigenvalue weighted by atomic mass is 10.0. The first-order valence-corrected chi connectivity index (χ1v) is 6.81. The Labute approximate surface area is 117 Å². The van der Waals surface area contributed by atoms with Gasteiger partial charge in [-0.25, -0.2) is 14.4 Å². The van der Waals surface area contributed by atoms with E-state index >= 15 is 0 Å². The van der Waals surface area contributed by atoms with Crippen LogP contribution in [0.5, 0.6) is 0 Å². The minimum atomic E-state index is -0.263. The van der Waals surface area contributed by atoms with Gasteiger partial charge in [0.05, 0.1) is 17.6 Å². The van der Waals surface area contributed by atoms with Crippen molar-refractivity contribution >= 4 is 5.69 Å². The van der Waals surface area contributed by atoms with E-state index in [4.69, 9.17) is 5.73 Å². The average Bonchev–Trinajstić information content (AvgIpc) is 2.49. The maximum atomic E-state index is 14.0. The zero-order chi connectivity index (χ0) is 13.9. The highest BCUT2D eigenvalue weighted by Gasteiger charge is 2.21. The molecular formula is C15H17FN4. The Morgan fingerprint density at radius 2 is 1.95 bits per heavy atom. The van der Waals surface area contributed by atoms with Crippen molar-refractivity contribution in [1.29, 1.82) is 0 Å². The van der Waals surface area contributed by atoms with Gasteiger partial charge in [-0.15, -0.1) is 0 Å². The molecule has 5 heteroatoms. The summed E-state index contributed by atoms with van der Waals surface area (Å²) in [6.45, 7) is 1.71. The number of piperidine rings is 1. The van der Waals surface area contributed by atoms with E-state index in [0.29, 0.717) is 11.3 Å². The van der Waals surface area contributed by atoms with Gasteiger partial charge in [0.25, 0.3) is 0 Å². The Bertz CT molecular complexity index is 594. The second-order valence-corrected chi connectivity index (χ2v) is 5.06. The second-order valence-electron chi connectivity index (χ2n) is 5.06. The molecule has 1 aliphatic heterocycles. The molecule has 20 heavy (non-hydrogen) atoms. The van der Waals surface area contributed by atoms with Crippen LogP contribution in [0.25, 0.3) is 11.3 Å². The Kier molecular flexibility index (Phi) is 3.60. The molecule has 1 fully saturated rings. The van der Waals surface area contributed by atoms with Gasteiger partial charge in [-0.2, -0.15) is 0 Å². The van der Waals surface area contributed by atoms with Crippen LogP contribution in [-0.4, -0.2) is 29.1 Å². The highest BCUT2D eigenvalue weighted by molar-refractivity contribution is 5.74.